The van der Waals surface area contributed by atoms with Gasteiger partial charge in [-0.15, -0.1) is 0 Å². The van der Waals surface area contributed by atoms with E-state index in [1.165, 1.54) is 12.1 Å². The van der Waals surface area contributed by atoms with Gasteiger partial charge in [-0.2, -0.15) is 0 Å². The Morgan fingerprint density at radius 2 is 1.75 bits per heavy atom. The van der Waals surface area contributed by atoms with Gasteiger partial charge in [0.15, 0.2) is 5.78 Å². The van der Waals surface area contributed by atoms with Crippen LogP contribution in [0.2, 0.25) is 5.02 Å². The summed E-state index contributed by atoms with van der Waals surface area (Å²) >= 11 is 5.68. The Labute approximate surface area is 190 Å². The monoisotopic (exact) mass is 461 g/mol. The smallest absolute Gasteiger partial charge is 0.306 e. The maximum atomic E-state index is 13.8. The van der Waals surface area contributed by atoms with Gasteiger partial charge in [0.1, 0.15) is 11.6 Å². The number of rotatable bonds is 9. The number of halogens is 2. The Balaban J connectivity index is 1.40. The summed E-state index contributed by atoms with van der Waals surface area (Å²) in [6.07, 6.45) is 3.26. The molecule has 0 bridgehead atoms. The molecule has 0 aliphatic heterocycles. The highest BCUT2D eigenvalue weighted by Gasteiger charge is 2.26. The molecule has 0 atom stereocenters. The Bertz CT molecular complexity index is 971. The first-order valence-corrected chi connectivity index (χ1v) is 11.0. The second-order valence-corrected chi connectivity index (χ2v) is 8.30. The molecule has 1 aliphatic rings. The predicted molar refractivity (Wildman–Crippen MR) is 118 cm³/mol. The Morgan fingerprint density at radius 3 is 2.38 bits per heavy atom. The summed E-state index contributed by atoms with van der Waals surface area (Å²) < 4.78 is 19.7. The summed E-state index contributed by atoms with van der Waals surface area (Å²) in [5.74, 6) is -1.69. The molecule has 3 rings (SSSR count). The number of ketones is 1. The molecule has 0 unspecified atom stereocenters. The molecule has 1 amide bonds. The standard InChI is InChI=1S/C24H25ClFNO5/c25-17-7-12-20(21(26)14-17)23(29)27-13-1-2-22(28)15-3-8-18(9-4-15)32-19-10-5-16(6-11-19)24(30)31/h3-4,7-9,12,14,16,19H,1-2,5-6,10-11,13H2,(H,27,29)(H,30,31). The largest absolute Gasteiger partial charge is 0.490 e. The number of amides is 1. The van der Waals surface area contributed by atoms with Crippen LogP contribution in [0.1, 0.15) is 59.2 Å². The molecule has 0 heterocycles. The molecular weight excluding hydrogens is 437 g/mol. The van der Waals surface area contributed by atoms with Crippen LogP contribution in [0.15, 0.2) is 42.5 Å². The number of hydrogen-bond donors (Lipinski definition) is 2. The number of benzene rings is 2. The van der Waals surface area contributed by atoms with Crippen LogP contribution in [0.4, 0.5) is 4.39 Å². The van der Waals surface area contributed by atoms with Gasteiger partial charge < -0.3 is 15.2 Å². The molecule has 8 heteroatoms. The van der Waals surface area contributed by atoms with E-state index in [1.807, 2.05) is 0 Å². The topological polar surface area (TPSA) is 92.7 Å². The van der Waals surface area contributed by atoms with Crippen molar-refractivity contribution in [2.75, 3.05) is 6.54 Å². The van der Waals surface area contributed by atoms with Crippen molar-refractivity contribution in [2.24, 2.45) is 5.92 Å². The lowest BCUT2D eigenvalue weighted by Crippen LogP contribution is -2.27. The number of Topliss-reactive ketones (excluding diaryl/α,β-unsaturated/α-hetero) is 1. The van der Waals surface area contributed by atoms with Gasteiger partial charge in [0, 0.05) is 23.6 Å². The fraction of sp³-hybridized carbons (Fsp3) is 0.375. The maximum Gasteiger partial charge on any atom is 0.306 e. The lowest BCUT2D eigenvalue weighted by atomic mass is 9.87. The SMILES string of the molecule is O=C(CCCNC(=O)c1ccc(Cl)cc1F)c1ccc(OC2CCC(C(=O)O)CC2)cc1. The third-order valence-corrected chi connectivity index (χ3v) is 5.78. The van der Waals surface area contributed by atoms with Gasteiger partial charge in [0.05, 0.1) is 17.6 Å². The second kappa shape index (κ2) is 11.1. The number of hydrogen-bond acceptors (Lipinski definition) is 4. The van der Waals surface area contributed by atoms with Crippen molar-refractivity contribution in [3.05, 3.63) is 64.4 Å². The number of carboxylic acid groups (broad SMARTS) is 1. The molecule has 1 fully saturated rings. The van der Waals surface area contributed by atoms with Gasteiger partial charge in [0.2, 0.25) is 0 Å². The van der Waals surface area contributed by atoms with Crippen LogP contribution in [-0.2, 0) is 4.79 Å². The Kier molecular flexibility index (Phi) is 8.22. The molecule has 6 nitrogen and oxygen atoms in total. The van der Waals surface area contributed by atoms with Gasteiger partial charge in [-0.1, -0.05) is 11.6 Å². The van der Waals surface area contributed by atoms with Crippen LogP contribution in [0.5, 0.6) is 5.75 Å². The number of aliphatic carboxylic acids is 1. The molecule has 2 N–H and O–H groups in total. The van der Waals surface area contributed by atoms with Crippen molar-refractivity contribution in [1.29, 1.82) is 0 Å². The second-order valence-electron chi connectivity index (χ2n) is 7.86. The van der Waals surface area contributed by atoms with E-state index in [-0.39, 0.29) is 41.4 Å². The van der Waals surface area contributed by atoms with E-state index in [0.717, 1.165) is 6.07 Å². The molecule has 0 aromatic heterocycles. The van der Waals surface area contributed by atoms with Crippen molar-refractivity contribution < 1.29 is 28.6 Å². The van der Waals surface area contributed by atoms with Gasteiger partial charge in [-0.05, 0) is 74.6 Å². The first-order chi connectivity index (χ1) is 15.3. The first-order valence-electron chi connectivity index (χ1n) is 10.6. The number of carbonyl (C=O) groups is 3. The molecular formula is C24H25ClFNO5. The van der Waals surface area contributed by atoms with Crippen LogP contribution < -0.4 is 10.1 Å². The van der Waals surface area contributed by atoms with Crippen LogP contribution >= 0.6 is 11.6 Å². The van der Waals surface area contributed by atoms with E-state index in [2.05, 4.69) is 5.32 Å². The summed E-state index contributed by atoms with van der Waals surface area (Å²) in [6.45, 7) is 0.243. The molecule has 0 spiro atoms. The van der Waals surface area contributed by atoms with Crippen LogP contribution in [0, 0.1) is 11.7 Å². The number of carboxylic acids is 1. The van der Waals surface area contributed by atoms with Crippen molar-refractivity contribution in [1.82, 2.24) is 5.32 Å². The van der Waals surface area contributed by atoms with E-state index in [0.29, 0.717) is 43.4 Å². The maximum absolute atomic E-state index is 13.8. The van der Waals surface area contributed by atoms with E-state index in [4.69, 9.17) is 21.4 Å². The number of nitrogens with one attached hydrogen (secondary N) is 1. The molecule has 170 valence electrons. The highest BCUT2D eigenvalue weighted by molar-refractivity contribution is 6.30. The highest BCUT2D eigenvalue weighted by Crippen LogP contribution is 2.28. The molecule has 1 saturated carbocycles. The third kappa shape index (κ3) is 6.53. The third-order valence-electron chi connectivity index (χ3n) is 5.54. The summed E-state index contributed by atoms with van der Waals surface area (Å²) in [7, 11) is 0. The summed E-state index contributed by atoms with van der Waals surface area (Å²) in [5, 5.41) is 11.9. The molecule has 0 saturated heterocycles. The lowest BCUT2D eigenvalue weighted by molar-refractivity contribution is -0.143. The van der Waals surface area contributed by atoms with Crippen LogP contribution in [-0.4, -0.2) is 35.4 Å². The quantitative estimate of drug-likeness (QED) is 0.409. The van der Waals surface area contributed by atoms with Crippen molar-refractivity contribution in [3.8, 4) is 5.75 Å². The van der Waals surface area contributed by atoms with Gasteiger partial charge in [-0.25, -0.2) is 4.39 Å². The first kappa shape index (κ1) is 23.7. The van der Waals surface area contributed by atoms with Crippen LogP contribution in [0.3, 0.4) is 0 Å². The minimum absolute atomic E-state index is 0.0127. The zero-order valence-electron chi connectivity index (χ0n) is 17.5. The highest BCUT2D eigenvalue weighted by atomic mass is 35.5. The van der Waals surface area contributed by atoms with Crippen molar-refractivity contribution in [2.45, 2.75) is 44.6 Å². The predicted octanol–water partition coefficient (Wildman–Crippen LogP) is 4.89. The zero-order chi connectivity index (χ0) is 23.1. The summed E-state index contributed by atoms with van der Waals surface area (Å²) in [5.41, 5.74) is 0.453. The fourth-order valence-electron chi connectivity index (χ4n) is 3.70. The normalized spacial score (nSPS) is 18.1. The lowest BCUT2D eigenvalue weighted by Gasteiger charge is -2.26. The summed E-state index contributed by atoms with van der Waals surface area (Å²) in [6, 6.07) is 10.7. The molecule has 0 radical (unpaired) electrons. The van der Waals surface area contributed by atoms with Crippen molar-refractivity contribution in [3.63, 3.8) is 0 Å². The molecule has 2 aromatic rings. The number of ether oxygens (including phenoxy) is 1. The zero-order valence-corrected chi connectivity index (χ0v) is 18.2. The average molecular weight is 462 g/mol. The molecule has 1 aliphatic carbocycles. The van der Waals surface area contributed by atoms with E-state index in [1.54, 1.807) is 24.3 Å². The van der Waals surface area contributed by atoms with E-state index in [9.17, 15) is 18.8 Å². The number of carbonyl (C=O) groups excluding carboxylic acids is 2. The van der Waals surface area contributed by atoms with E-state index < -0.39 is 17.7 Å². The molecule has 32 heavy (non-hydrogen) atoms. The van der Waals surface area contributed by atoms with Crippen molar-refractivity contribution >= 4 is 29.3 Å². The minimum Gasteiger partial charge on any atom is -0.490 e. The average Bonchev–Trinajstić information content (AvgIpc) is 2.77. The van der Waals surface area contributed by atoms with Crippen LogP contribution in [0.25, 0.3) is 0 Å². The Morgan fingerprint density at radius 1 is 1.06 bits per heavy atom. The summed E-state index contributed by atoms with van der Waals surface area (Å²) in [4.78, 5) is 35.4. The molecule has 2 aromatic carbocycles. The van der Waals surface area contributed by atoms with Gasteiger partial charge in [-0.3, -0.25) is 14.4 Å². The van der Waals surface area contributed by atoms with E-state index >= 15 is 0 Å². The van der Waals surface area contributed by atoms with Gasteiger partial charge >= 0.3 is 5.97 Å². The Hall–Kier alpha value is -2.93. The minimum atomic E-state index is -0.747. The fourth-order valence-corrected chi connectivity index (χ4v) is 3.86. The van der Waals surface area contributed by atoms with Gasteiger partial charge in [0.25, 0.3) is 5.91 Å².